The summed E-state index contributed by atoms with van der Waals surface area (Å²) in [6.45, 7) is 1.30. The highest BCUT2D eigenvalue weighted by Gasteiger charge is 2.35. The lowest BCUT2D eigenvalue weighted by molar-refractivity contribution is -0.137. The van der Waals surface area contributed by atoms with Crippen molar-refractivity contribution in [3.05, 3.63) is 41.3 Å². The molecule has 2 heterocycles. The molecule has 1 aromatic carbocycles. The molecule has 214 valence electrons. The number of aromatic amines is 1. The predicted octanol–water partition coefficient (Wildman–Crippen LogP) is 3.84. The van der Waals surface area contributed by atoms with E-state index < -0.39 is 48.4 Å². The van der Waals surface area contributed by atoms with Crippen molar-refractivity contribution >= 4 is 22.8 Å². The summed E-state index contributed by atoms with van der Waals surface area (Å²) in [6.07, 6.45) is -2.20. The smallest absolute Gasteiger partial charge is 0.416 e. The fraction of sp³-hybridized carbons (Fsp3) is 0.481. The standard InChI is InChI=1S/C27H29F4N5O4/c1-13-22(26(39)36-19-6-5-16(9-18(19)28)35-21(38)10-37)24-25(34-13)23(32-12-33-24)17-8-15(27(29,30)31)4-7-20(17)40-11-14-2-3-14/h4,7-8,12,14,16,18-19,34,37H,2-3,5-6,9-11H2,1H3,(H,35,38)(H,36,39). The molecule has 2 aromatic heterocycles. The number of benzene rings is 1. The summed E-state index contributed by atoms with van der Waals surface area (Å²) in [4.78, 5) is 36.2. The van der Waals surface area contributed by atoms with Crippen molar-refractivity contribution in [2.75, 3.05) is 13.2 Å². The number of amides is 2. The van der Waals surface area contributed by atoms with Crippen LogP contribution in [0.25, 0.3) is 22.3 Å². The van der Waals surface area contributed by atoms with Gasteiger partial charge in [-0.25, -0.2) is 14.4 Å². The maximum Gasteiger partial charge on any atom is 0.416 e. The molecule has 2 aliphatic rings. The fourth-order valence-electron chi connectivity index (χ4n) is 5.04. The number of ether oxygens (including phenoxy) is 1. The highest BCUT2D eigenvalue weighted by molar-refractivity contribution is 6.09. The highest BCUT2D eigenvalue weighted by atomic mass is 19.4. The largest absolute Gasteiger partial charge is 0.493 e. The van der Waals surface area contributed by atoms with Crippen LogP contribution in [0.3, 0.4) is 0 Å². The van der Waals surface area contributed by atoms with Gasteiger partial charge in [0.1, 0.15) is 36.1 Å². The summed E-state index contributed by atoms with van der Waals surface area (Å²) in [5.41, 5.74) is 0.359. The zero-order valence-electron chi connectivity index (χ0n) is 21.6. The molecule has 0 radical (unpaired) electrons. The maximum absolute atomic E-state index is 14.9. The first kappa shape index (κ1) is 27.8. The number of halogens is 4. The van der Waals surface area contributed by atoms with E-state index in [1.807, 2.05) is 0 Å². The molecule has 2 aliphatic carbocycles. The number of aliphatic hydroxyl groups is 1. The summed E-state index contributed by atoms with van der Waals surface area (Å²) >= 11 is 0. The van der Waals surface area contributed by atoms with E-state index in [4.69, 9.17) is 9.84 Å². The Kier molecular flexibility index (Phi) is 7.67. The SMILES string of the molecule is Cc1[nH]c2c(-c3cc(C(F)(F)F)ccc3OCC3CC3)ncnc2c1C(=O)NC1CCC(NC(=O)CO)CC1F. The Balaban J connectivity index is 1.43. The average Bonchev–Trinajstić information content (AvgIpc) is 3.67. The average molecular weight is 564 g/mol. The van der Waals surface area contributed by atoms with Crippen molar-refractivity contribution in [3.8, 4) is 17.0 Å². The first-order valence-electron chi connectivity index (χ1n) is 13.1. The van der Waals surface area contributed by atoms with Gasteiger partial charge in [-0.15, -0.1) is 0 Å². The van der Waals surface area contributed by atoms with Gasteiger partial charge in [0.25, 0.3) is 5.91 Å². The van der Waals surface area contributed by atoms with Gasteiger partial charge in [-0.3, -0.25) is 9.59 Å². The fourth-order valence-corrected chi connectivity index (χ4v) is 5.04. The number of carbonyl (C=O) groups is 2. The molecule has 0 aliphatic heterocycles. The van der Waals surface area contributed by atoms with Gasteiger partial charge < -0.3 is 25.5 Å². The van der Waals surface area contributed by atoms with Gasteiger partial charge in [0, 0.05) is 23.7 Å². The maximum atomic E-state index is 14.9. The number of fused-ring (bicyclic) bond motifs is 1. The Morgan fingerprint density at radius 1 is 1.15 bits per heavy atom. The molecule has 5 rings (SSSR count). The molecular formula is C27H29F4N5O4. The second kappa shape index (κ2) is 11.0. The van der Waals surface area contributed by atoms with E-state index in [-0.39, 0.29) is 46.4 Å². The highest BCUT2D eigenvalue weighted by Crippen LogP contribution is 2.40. The lowest BCUT2D eigenvalue weighted by Crippen LogP contribution is -2.50. The number of alkyl halides is 4. The third-order valence-corrected chi connectivity index (χ3v) is 7.33. The van der Waals surface area contributed by atoms with E-state index in [1.165, 1.54) is 12.4 Å². The van der Waals surface area contributed by atoms with Crippen molar-refractivity contribution in [1.29, 1.82) is 0 Å². The second-order valence-corrected chi connectivity index (χ2v) is 10.4. The summed E-state index contributed by atoms with van der Waals surface area (Å²) in [5, 5.41) is 14.1. The molecule has 2 amide bonds. The van der Waals surface area contributed by atoms with Crippen LogP contribution in [0.2, 0.25) is 0 Å². The lowest BCUT2D eigenvalue weighted by Gasteiger charge is -2.32. The molecule has 9 nitrogen and oxygen atoms in total. The van der Waals surface area contributed by atoms with E-state index in [0.29, 0.717) is 24.6 Å². The topological polar surface area (TPSA) is 129 Å². The molecule has 2 saturated carbocycles. The Bertz CT molecular complexity index is 1420. The van der Waals surface area contributed by atoms with Crippen molar-refractivity contribution in [2.24, 2.45) is 5.92 Å². The van der Waals surface area contributed by atoms with Crippen LogP contribution in [0.1, 0.15) is 53.7 Å². The molecule has 40 heavy (non-hydrogen) atoms. The predicted molar refractivity (Wildman–Crippen MR) is 136 cm³/mol. The molecule has 2 fully saturated rings. The quantitative estimate of drug-likeness (QED) is 0.309. The van der Waals surface area contributed by atoms with Crippen molar-refractivity contribution < 1.29 is 37.0 Å². The number of carbonyl (C=O) groups excluding carboxylic acids is 2. The Labute approximate surface area is 226 Å². The molecule has 0 spiro atoms. The molecule has 13 heteroatoms. The van der Waals surface area contributed by atoms with E-state index in [9.17, 15) is 27.2 Å². The number of aliphatic hydroxyl groups excluding tert-OH is 1. The van der Waals surface area contributed by atoms with Gasteiger partial charge in [-0.05, 0) is 56.7 Å². The van der Waals surface area contributed by atoms with Crippen LogP contribution >= 0.6 is 0 Å². The van der Waals surface area contributed by atoms with Crippen molar-refractivity contribution in [2.45, 2.75) is 63.5 Å². The molecule has 3 atom stereocenters. The van der Waals surface area contributed by atoms with Gasteiger partial charge in [-0.1, -0.05) is 0 Å². The first-order valence-corrected chi connectivity index (χ1v) is 13.1. The summed E-state index contributed by atoms with van der Waals surface area (Å²) in [5.74, 6) is -0.577. The number of hydrogen-bond donors (Lipinski definition) is 4. The van der Waals surface area contributed by atoms with Gasteiger partial charge >= 0.3 is 6.18 Å². The van der Waals surface area contributed by atoms with Gasteiger partial charge in [-0.2, -0.15) is 13.2 Å². The van der Waals surface area contributed by atoms with Crippen molar-refractivity contribution in [1.82, 2.24) is 25.6 Å². The van der Waals surface area contributed by atoms with Gasteiger partial charge in [0.15, 0.2) is 0 Å². The van der Waals surface area contributed by atoms with Crippen LogP contribution in [0, 0.1) is 12.8 Å². The number of aromatic nitrogens is 3. The third kappa shape index (κ3) is 5.88. The van der Waals surface area contributed by atoms with E-state index >= 15 is 0 Å². The van der Waals surface area contributed by atoms with E-state index in [1.54, 1.807) is 6.92 Å². The Hall–Kier alpha value is -3.74. The number of nitrogens with one attached hydrogen (secondary N) is 3. The monoisotopic (exact) mass is 563 g/mol. The molecule has 0 bridgehead atoms. The first-order chi connectivity index (χ1) is 19.0. The van der Waals surface area contributed by atoms with Crippen LogP contribution in [0.4, 0.5) is 17.6 Å². The number of H-pyrrole nitrogens is 1. The Morgan fingerprint density at radius 2 is 1.93 bits per heavy atom. The number of rotatable bonds is 8. The van der Waals surface area contributed by atoms with Gasteiger partial charge in [0.05, 0.1) is 29.3 Å². The molecule has 3 aromatic rings. The lowest BCUT2D eigenvalue weighted by atomic mass is 9.89. The summed E-state index contributed by atoms with van der Waals surface area (Å²) < 4.78 is 61.5. The van der Waals surface area contributed by atoms with E-state index in [0.717, 1.165) is 25.0 Å². The van der Waals surface area contributed by atoms with Crippen LogP contribution in [-0.2, 0) is 11.0 Å². The van der Waals surface area contributed by atoms with Crippen LogP contribution in [0.15, 0.2) is 24.5 Å². The molecule has 0 saturated heterocycles. The summed E-state index contributed by atoms with van der Waals surface area (Å²) in [6, 6.07) is 1.95. The Morgan fingerprint density at radius 3 is 2.60 bits per heavy atom. The number of hydrogen-bond acceptors (Lipinski definition) is 6. The second-order valence-electron chi connectivity index (χ2n) is 10.4. The minimum atomic E-state index is -4.59. The van der Waals surface area contributed by atoms with Crippen LogP contribution in [-0.4, -0.2) is 63.3 Å². The third-order valence-electron chi connectivity index (χ3n) is 7.33. The number of nitrogens with zero attached hydrogens (tertiary/aromatic N) is 2. The minimum absolute atomic E-state index is 0.0188. The normalized spacial score (nSPS) is 21.3. The van der Waals surface area contributed by atoms with Crippen molar-refractivity contribution in [3.63, 3.8) is 0 Å². The molecule has 4 N–H and O–H groups in total. The minimum Gasteiger partial charge on any atom is -0.493 e. The molecule has 3 unspecified atom stereocenters. The zero-order chi connectivity index (χ0) is 28.6. The van der Waals surface area contributed by atoms with Gasteiger partial charge in [0.2, 0.25) is 5.91 Å². The van der Waals surface area contributed by atoms with Crippen LogP contribution < -0.4 is 15.4 Å². The zero-order valence-corrected chi connectivity index (χ0v) is 21.6. The van der Waals surface area contributed by atoms with Crippen LogP contribution in [0.5, 0.6) is 5.75 Å². The molecular weight excluding hydrogens is 534 g/mol. The number of aryl methyl sites for hydroxylation is 1. The van der Waals surface area contributed by atoms with E-state index in [2.05, 4.69) is 25.6 Å². The summed E-state index contributed by atoms with van der Waals surface area (Å²) in [7, 11) is 0.